The summed E-state index contributed by atoms with van der Waals surface area (Å²) in [5, 5.41) is 0. The largest absolute Gasteiger partial charge is 0.771 e. The highest BCUT2D eigenvalue weighted by molar-refractivity contribution is 9.11. The maximum Gasteiger partial charge on any atom is 0.0739 e. The van der Waals surface area contributed by atoms with Gasteiger partial charge in [-0.15, -0.1) is 0 Å². The molecule has 2 nitrogen and oxygen atoms in total. The van der Waals surface area contributed by atoms with Crippen molar-refractivity contribution in [1.82, 2.24) is 0 Å². The second kappa shape index (κ2) is 2.71. The van der Waals surface area contributed by atoms with E-state index in [4.69, 9.17) is 0 Å². The summed E-state index contributed by atoms with van der Waals surface area (Å²) < 4.78 is 18.9. The Balaban J connectivity index is 3.26. The molecule has 6 heavy (non-hydrogen) atoms. The molecule has 0 N–H and O–H groups in total. The van der Waals surface area contributed by atoms with Gasteiger partial charge in [0.25, 0.3) is 0 Å². The summed E-state index contributed by atoms with van der Waals surface area (Å²) in [5.74, 6) is 0. The molecule has 0 aliphatic rings. The highest BCUT2D eigenvalue weighted by Gasteiger charge is 1.88. The van der Waals surface area contributed by atoms with Gasteiger partial charge in [0.2, 0.25) is 0 Å². The van der Waals surface area contributed by atoms with Gasteiger partial charge in [0.05, 0.1) is 4.16 Å². The molecule has 0 heterocycles. The molecule has 0 bridgehead atoms. The van der Waals surface area contributed by atoms with Crippen molar-refractivity contribution >= 4 is 27.0 Å². The van der Waals surface area contributed by atoms with Gasteiger partial charge in [-0.25, -0.2) is 0 Å². The SMILES string of the molecule is CC(Br)S(=O)[O-]. The molecular weight excluding hydrogens is 168 g/mol. The lowest BCUT2D eigenvalue weighted by atomic mass is 11.0. The highest BCUT2D eigenvalue weighted by atomic mass is 79.9. The minimum Gasteiger partial charge on any atom is -0.771 e. The third-order valence-corrected chi connectivity index (χ3v) is 1.71. The van der Waals surface area contributed by atoms with Gasteiger partial charge in [-0.05, 0) is 18.0 Å². The Labute approximate surface area is 47.3 Å². The molecular formula is C2H4BrO2S-. The van der Waals surface area contributed by atoms with Crippen LogP contribution >= 0.6 is 15.9 Å². The predicted octanol–water partition coefficient (Wildman–Crippen LogP) is 0.606. The van der Waals surface area contributed by atoms with E-state index >= 15 is 0 Å². The van der Waals surface area contributed by atoms with Crippen molar-refractivity contribution in [2.75, 3.05) is 0 Å². The van der Waals surface area contributed by atoms with Gasteiger partial charge in [0.1, 0.15) is 0 Å². The number of alkyl halides is 1. The third kappa shape index (κ3) is 2.81. The van der Waals surface area contributed by atoms with Crippen LogP contribution in [0.25, 0.3) is 0 Å². The van der Waals surface area contributed by atoms with Gasteiger partial charge >= 0.3 is 0 Å². The van der Waals surface area contributed by atoms with E-state index < -0.39 is 15.2 Å². The van der Waals surface area contributed by atoms with Crippen LogP contribution in [0.4, 0.5) is 0 Å². The molecule has 0 spiro atoms. The van der Waals surface area contributed by atoms with E-state index in [1.54, 1.807) is 6.92 Å². The van der Waals surface area contributed by atoms with Crippen LogP contribution < -0.4 is 0 Å². The number of rotatable bonds is 1. The second-order valence-corrected chi connectivity index (χ2v) is 4.01. The topological polar surface area (TPSA) is 40.1 Å². The predicted molar refractivity (Wildman–Crippen MR) is 27.3 cm³/mol. The molecule has 38 valence electrons. The van der Waals surface area contributed by atoms with E-state index in [2.05, 4.69) is 15.9 Å². The maximum absolute atomic E-state index is 9.65. The molecule has 0 saturated carbocycles. The van der Waals surface area contributed by atoms with Crippen molar-refractivity contribution in [3.05, 3.63) is 0 Å². The van der Waals surface area contributed by atoms with Crippen molar-refractivity contribution in [1.29, 1.82) is 0 Å². The molecule has 0 aliphatic carbocycles. The first kappa shape index (κ1) is 6.59. The first-order valence-corrected chi connectivity index (χ1v) is 3.42. The number of hydrogen-bond acceptors (Lipinski definition) is 2. The normalized spacial score (nSPS) is 19.8. The van der Waals surface area contributed by atoms with Crippen molar-refractivity contribution in [3.63, 3.8) is 0 Å². The van der Waals surface area contributed by atoms with Crippen LogP contribution in [-0.4, -0.2) is 12.9 Å². The minimum absolute atomic E-state index is 0.419. The van der Waals surface area contributed by atoms with Crippen molar-refractivity contribution in [3.8, 4) is 0 Å². The smallest absolute Gasteiger partial charge is 0.0739 e. The summed E-state index contributed by atoms with van der Waals surface area (Å²) in [6, 6.07) is 0. The Morgan fingerprint density at radius 2 is 2.17 bits per heavy atom. The van der Waals surface area contributed by atoms with Gasteiger partial charge in [0, 0.05) is 0 Å². The molecule has 0 aliphatic heterocycles. The van der Waals surface area contributed by atoms with E-state index in [-0.39, 0.29) is 0 Å². The first-order valence-electron chi connectivity index (χ1n) is 1.36. The zero-order valence-corrected chi connectivity index (χ0v) is 5.58. The van der Waals surface area contributed by atoms with E-state index in [9.17, 15) is 8.76 Å². The average Bonchev–Trinajstić information content (AvgIpc) is 1.36. The molecule has 0 radical (unpaired) electrons. The lowest BCUT2D eigenvalue weighted by Crippen LogP contribution is -1.97. The van der Waals surface area contributed by atoms with Crippen molar-refractivity contribution in [2.24, 2.45) is 0 Å². The van der Waals surface area contributed by atoms with E-state index in [0.29, 0.717) is 0 Å². The molecule has 2 atom stereocenters. The summed E-state index contributed by atoms with van der Waals surface area (Å²) >= 11 is 0.875. The second-order valence-electron chi connectivity index (χ2n) is 0.803. The van der Waals surface area contributed by atoms with Crippen LogP contribution in [0.5, 0.6) is 0 Å². The third-order valence-electron chi connectivity index (χ3n) is 0.265. The van der Waals surface area contributed by atoms with E-state index in [1.165, 1.54) is 0 Å². The maximum atomic E-state index is 9.65. The zero-order chi connectivity index (χ0) is 5.15. The highest BCUT2D eigenvalue weighted by Crippen LogP contribution is 1.98. The lowest BCUT2D eigenvalue weighted by Gasteiger charge is -2.03. The summed E-state index contributed by atoms with van der Waals surface area (Å²) in [4.78, 5) is 0. The zero-order valence-electron chi connectivity index (χ0n) is 3.18. The summed E-state index contributed by atoms with van der Waals surface area (Å²) in [6.45, 7) is 1.54. The molecule has 0 amide bonds. The molecule has 0 rings (SSSR count). The van der Waals surface area contributed by atoms with Gasteiger partial charge in [-0.3, -0.25) is 4.21 Å². The average molecular weight is 172 g/mol. The monoisotopic (exact) mass is 171 g/mol. The fourth-order valence-corrected chi connectivity index (χ4v) is 0. The standard InChI is InChI=1S/C2H5BrO2S/c1-2(3)6(4)5/h2H,1H3,(H,4,5)/p-1. The fraction of sp³-hybridized carbons (Fsp3) is 1.00. The van der Waals surface area contributed by atoms with Gasteiger partial charge in [0.15, 0.2) is 0 Å². The number of halogens is 1. The molecule has 0 aromatic rings. The van der Waals surface area contributed by atoms with Crippen molar-refractivity contribution < 1.29 is 8.76 Å². The molecule has 0 aromatic carbocycles. The first-order chi connectivity index (χ1) is 2.64. The molecule has 0 saturated heterocycles. The molecule has 4 heteroatoms. The Hall–Kier alpha value is 0.590. The molecule has 0 aromatic heterocycles. The Morgan fingerprint density at radius 3 is 2.17 bits per heavy atom. The van der Waals surface area contributed by atoms with Crippen LogP contribution in [0.2, 0.25) is 0 Å². The molecule has 2 unspecified atom stereocenters. The lowest BCUT2D eigenvalue weighted by molar-refractivity contribution is 0.536. The van der Waals surface area contributed by atoms with Crippen molar-refractivity contribution in [2.45, 2.75) is 11.1 Å². The van der Waals surface area contributed by atoms with Crippen LogP contribution in [0.1, 0.15) is 6.92 Å². The van der Waals surface area contributed by atoms with E-state index in [1.807, 2.05) is 0 Å². The molecule has 0 fully saturated rings. The van der Waals surface area contributed by atoms with E-state index in [0.717, 1.165) is 0 Å². The van der Waals surface area contributed by atoms with Gasteiger partial charge < -0.3 is 4.55 Å². The van der Waals surface area contributed by atoms with Crippen LogP contribution in [0.15, 0.2) is 0 Å². The Kier molecular flexibility index (Phi) is 2.98. The van der Waals surface area contributed by atoms with Crippen LogP contribution in [-0.2, 0) is 11.1 Å². The number of hydrogen-bond donors (Lipinski definition) is 0. The minimum atomic E-state index is -1.95. The Bertz CT molecular complexity index is 62.6. The summed E-state index contributed by atoms with van der Waals surface area (Å²) in [7, 11) is 0. The Morgan fingerprint density at radius 1 is 2.00 bits per heavy atom. The van der Waals surface area contributed by atoms with Gasteiger partial charge in [-0.2, -0.15) is 0 Å². The van der Waals surface area contributed by atoms with Crippen LogP contribution in [0, 0.1) is 0 Å². The quantitative estimate of drug-likeness (QED) is 0.429. The van der Waals surface area contributed by atoms with Gasteiger partial charge in [-0.1, -0.05) is 15.9 Å². The van der Waals surface area contributed by atoms with Crippen LogP contribution in [0.3, 0.4) is 0 Å². The summed E-state index contributed by atoms with van der Waals surface area (Å²) in [6.07, 6.45) is 0. The summed E-state index contributed by atoms with van der Waals surface area (Å²) in [5.41, 5.74) is 0. The fourth-order valence-electron chi connectivity index (χ4n) is 0.